The van der Waals surface area contributed by atoms with Crippen LogP contribution in [0.3, 0.4) is 0 Å². The lowest BCUT2D eigenvalue weighted by Gasteiger charge is -2.26. The summed E-state index contributed by atoms with van der Waals surface area (Å²) in [4.78, 5) is 10.4. The van der Waals surface area contributed by atoms with E-state index in [1.807, 2.05) is 24.3 Å². The zero-order valence-electron chi connectivity index (χ0n) is 19.4. The largest absolute Gasteiger partial charge is 0.508 e. The first-order valence-corrected chi connectivity index (χ1v) is 13.8. The topological polar surface area (TPSA) is 128 Å². The number of aliphatic hydroxyl groups is 2. The number of aromatic hydroxyl groups is 1. The molecule has 2 aromatic rings. The summed E-state index contributed by atoms with van der Waals surface area (Å²) in [5, 5.41) is 32.0. The smallest absolute Gasteiger partial charge is 0.239 e. The Morgan fingerprint density at radius 2 is 1.74 bits per heavy atom. The van der Waals surface area contributed by atoms with Crippen molar-refractivity contribution in [3.63, 3.8) is 0 Å². The van der Waals surface area contributed by atoms with Crippen LogP contribution in [0.4, 0.5) is 0 Å². The van der Waals surface area contributed by atoms with Crippen molar-refractivity contribution in [1.29, 1.82) is 0 Å². The van der Waals surface area contributed by atoms with Crippen LogP contribution < -0.4 is 14.8 Å². The molecule has 2 atom stereocenters. The SMILES string of the molecule is O=P(O)(COc1ccc(CCNC[C@H](O)COc2ccc(O)c(CO)c2)cc1)C1CCCCC1. The van der Waals surface area contributed by atoms with Crippen LogP contribution in [-0.4, -0.2) is 58.0 Å². The molecular weight excluding hydrogens is 457 g/mol. The molecule has 2 aromatic carbocycles. The first-order chi connectivity index (χ1) is 16.4. The summed E-state index contributed by atoms with van der Waals surface area (Å²) in [5.74, 6) is 1.07. The summed E-state index contributed by atoms with van der Waals surface area (Å²) in [6.45, 7) is 0.824. The molecule has 0 radical (unpaired) electrons. The minimum absolute atomic E-state index is 0.00417. The number of benzene rings is 2. The van der Waals surface area contributed by atoms with Crippen LogP contribution in [0.15, 0.2) is 42.5 Å². The maximum Gasteiger partial charge on any atom is 0.239 e. The van der Waals surface area contributed by atoms with E-state index < -0.39 is 13.5 Å². The summed E-state index contributed by atoms with van der Waals surface area (Å²) in [7, 11) is -3.30. The molecule has 1 fully saturated rings. The van der Waals surface area contributed by atoms with Crippen LogP contribution in [0.25, 0.3) is 0 Å². The lowest BCUT2D eigenvalue weighted by Crippen LogP contribution is -2.32. The van der Waals surface area contributed by atoms with Crippen molar-refractivity contribution in [2.45, 2.75) is 56.9 Å². The fourth-order valence-corrected chi connectivity index (χ4v) is 5.76. The first kappa shape index (κ1) is 26.5. The van der Waals surface area contributed by atoms with Gasteiger partial charge in [-0.15, -0.1) is 0 Å². The van der Waals surface area contributed by atoms with Crippen LogP contribution >= 0.6 is 7.37 Å². The van der Waals surface area contributed by atoms with Crippen LogP contribution in [0.1, 0.15) is 43.2 Å². The summed E-state index contributed by atoms with van der Waals surface area (Å²) in [6.07, 6.45) is 4.72. The molecule has 8 nitrogen and oxygen atoms in total. The van der Waals surface area contributed by atoms with Crippen molar-refractivity contribution < 1.29 is 34.3 Å². The number of hydrogen-bond donors (Lipinski definition) is 5. The average molecular weight is 494 g/mol. The molecule has 0 saturated heterocycles. The predicted octanol–water partition coefficient (Wildman–Crippen LogP) is 3.40. The lowest BCUT2D eigenvalue weighted by atomic mass is 10.0. The first-order valence-electron chi connectivity index (χ1n) is 11.8. The highest BCUT2D eigenvalue weighted by molar-refractivity contribution is 7.58. The van der Waals surface area contributed by atoms with Crippen molar-refractivity contribution >= 4 is 7.37 Å². The molecule has 0 aliphatic heterocycles. The zero-order chi connectivity index (χ0) is 24.4. The van der Waals surface area contributed by atoms with Gasteiger partial charge < -0.3 is 35.0 Å². The molecule has 0 aromatic heterocycles. The fourth-order valence-electron chi connectivity index (χ4n) is 4.04. The van der Waals surface area contributed by atoms with Gasteiger partial charge in [0.25, 0.3) is 0 Å². The van der Waals surface area contributed by atoms with Gasteiger partial charge >= 0.3 is 0 Å². The number of aliphatic hydroxyl groups excluding tert-OH is 2. The van der Waals surface area contributed by atoms with Gasteiger partial charge in [0.15, 0.2) is 6.35 Å². The van der Waals surface area contributed by atoms with E-state index >= 15 is 0 Å². The van der Waals surface area contributed by atoms with Crippen molar-refractivity contribution in [3.8, 4) is 17.2 Å². The van der Waals surface area contributed by atoms with E-state index in [2.05, 4.69) is 5.32 Å². The molecule has 9 heteroatoms. The van der Waals surface area contributed by atoms with Crippen LogP contribution in [0.2, 0.25) is 0 Å². The monoisotopic (exact) mass is 493 g/mol. The number of nitrogens with one attached hydrogen (secondary N) is 1. The van der Waals surface area contributed by atoms with Gasteiger partial charge in [0, 0.05) is 17.8 Å². The highest BCUT2D eigenvalue weighted by Crippen LogP contribution is 2.51. The van der Waals surface area contributed by atoms with Gasteiger partial charge in [-0.1, -0.05) is 31.4 Å². The summed E-state index contributed by atoms with van der Waals surface area (Å²) in [6, 6.07) is 12.1. The molecule has 0 spiro atoms. The molecule has 188 valence electrons. The van der Waals surface area contributed by atoms with E-state index in [1.165, 1.54) is 12.1 Å². The number of phenols is 1. The molecule has 1 aliphatic carbocycles. The molecule has 1 saturated carbocycles. The minimum atomic E-state index is -3.30. The summed E-state index contributed by atoms with van der Waals surface area (Å²) >= 11 is 0. The standard InChI is InChI=1S/C25H36NO7P/c27-16-20-14-23(10-11-25(20)29)32-17-21(28)15-26-13-12-19-6-8-22(9-7-19)33-18-34(30,31)24-4-2-1-3-5-24/h6-11,14,21,24,26-29H,1-5,12-13,15-18H2,(H,30,31)/t21-/m0/s1. The highest BCUT2D eigenvalue weighted by Gasteiger charge is 2.32. The molecule has 0 amide bonds. The second-order valence-electron chi connectivity index (χ2n) is 8.83. The molecule has 1 unspecified atom stereocenters. The van der Waals surface area contributed by atoms with Crippen molar-refractivity contribution in [1.82, 2.24) is 5.32 Å². The van der Waals surface area contributed by atoms with Crippen LogP contribution in [-0.2, 0) is 17.6 Å². The van der Waals surface area contributed by atoms with E-state index in [9.17, 15) is 24.8 Å². The van der Waals surface area contributed by atoms with Crippen LogP contribution in [0.5, 0.6) is 17.2 Å². The van der Waals surface area contributed by atoms with E-state index in [4.69, 9.17) is 9.47 Å². The lowest BCUT2D eigenvalue weighted by molar-refractivity contribution is 0.106. The molecule has 0 heterocycles. The number of rotatable bonds is 13. The zero-order valence-corrected chi connectivity index (χ0v) is 20.3. The van der Waals surface area contributed by atoms with Gasteiger partial charge in [-0.05, 0) is 61.7 Å². The van der Waals surface area contributed by atoms with Gasteiger partial charge in [-0.25, -0.2) is 0 Å². The molecule has 1 aliphatic rings. The van der Waals surface area contributed by atoms with Crippen molar-refractivity contribution in [2.24, 2.45) is 0 Å². The second-order valence-corrected chi connectivity index (χ2v) is 11.3. The van der Waals surface area contributed by atoms with Gasteiger partial charge in [-0.3, -0.25) is 4.57 Å². The molecule has 34 heavy (non-hydrogen) atoms. The Kier molecular flexibility index (Phi) is 10.2. The number of hydrogen-bond acceptors (Lipinski definition) is 7. The Bertz CT molecular complexity index is 931. The normalized spacial score (nSPS) is 17.1. The quantitative estimate of drug-likeness (QED) is 0.212. The van der Waals surface area contributed by atoms with Gasteiger partial charge in [0.2, 0.25) is 7.37 Å². The van der Waals surface area contributed by atoms with Gasteiger partial charge in [-0.2, -0.15) is 0 Å². The molecule has 5 N–H and O–H groups in total. The maximum atomic E-state index is 12.6. The maximum absolute atomic E-state index is 12.6. The van der Waals surface area contributed by atoms with Gasteiger partial charge in [0.05, 0.1) is 6.61 Å². The minimum Gasteiger partial charge on any atom is -0.508 e. The van der Waals surface area contributed by atoms with E-state index in [1.54, 1.807) is 6.07 Å². The molecule has 3 rings (SSSR count). The van der Waals surface area contributed by atoms with Crippen molar-refractivity contribution in [2.75, 3.05) is 26.0 Å². The Hall–Kier alpha value is -2.09. The van der Waals surface area contributed by atoms with Gasteiger partial charge in [0.1, 0.15) is 30.0 Å². The Labute approximate surface area is 201 Å². The summed E-state index contributed by atoms with van der Waals surface area (Å²) < 4.78 is 23.7. The molecular formula is C25H36NO7P. The predicted molar refractivity (Wildman–Crippen MR) is 131 cm³/mol. The van der Waals surface area contributed by atoms with E-state index in [0.29, 0.717) is 30.2 Å². The Morgan fingerprint density at radius 1 is 1.03 bits per heavy atom. The third kappa shape index (κ3) is 8.29. The average Bonchev–Trinajstić information content (AvgIpc) is 2.86. The summed E-state index contributed by atoms with van der Waals surface area (Å²) in [5.41, 5.74) is 1.33. The van der Waals surface area contributed by atoms with Crippen molar-refractivity contribution in [3.05, 3.63) is 53.6 Å². The fraction of sp³-hybridized carbons (Fsp3) is 0.520. The Balaban J connectivity index is 1.32. The van der Waals surface area contributed by atoms with E-state index in [0.717, 1.165) is 44.1 Å². The Morgan fingerprint density at radius 3 is 2.44 bits per heavy atom. The third-order valence-corrected chi connectivity index (χ3v) is 8.28. The van der Waals surface area contributed by atoms with E-state index in [-0.39, 0.29) is 31.0 Å². The number of ether oxygens (including phenoxy) is 2. The van der Waals surface area contributed by atoms with Crippen LogP contribution in [0, 0.1) is 0 Å². The third-order valence-electron chi connectivity index (χ3n) is 6.12. The second kappa shape index (κ2) is 13.1. The highest BCUT2D eigenvalue weighted by atomic mass is 31.2. The molecule has 0 bridgehead atoms.